The lowest BCUT2D eigenvalue weighted by atomic mass is 10.2. The van der Waals surface area contributed by atoms with Crippen LogP contribution < -0.4 is 0 Å². The maximum Gasteiger partial charge on any atom is 0.141 e. The monoisotopic (exact) mass is 267 g/mol. The first-order chi connectivity index (χ1) is 7.71. The Kier molecular flexibility index (Phi) is 4.72. The van der Waals surface area contributed by atoms with Crippen LogP contribution in [0.5, 0.6) is 0 Å². The Morgan fingerprint density at radius 2 is 1.35 bits per heavy atom. The van der Waals surface area contributed by atoms with Crippen LogP contribution in [0.2, 0.25) is 39.3 Å². The van der Waals surface area contributed by atoms with E-state index >= 15 is 0 Å². The fourth-order valence-electron chi connectivity index (χ4n) is 2.11. The molecule has 0 fully saturated rings. The molecule has 0 aliphatic rings. The van der Waals surface area contributed by atoms with Gasteiger partial charge in [-0.3, -0.25) is 0 Å². The minimum Gasteiger partial charge on any atom is -0.308 e. The lowest BCUT2D eigenvalue weighted by Gasteiger charge is -2.42. The first-order valence-corrected chi connectivity index (χ1v) is 13.1. The van der Waals surface area contributed by atoms with Crippen molar-refractivity contribution in [2.75, 3.05) is 0 Å². The predicted octanol–water partition coefficient (Wildman–Crippen LogP) is 4.09. The zero-order chi connectivity index (χ0) is 13.1. The van der Waals surface area contributed by atoms with E-state index in [9.17, 15) is 0 Å². The van der Waals surface area contributed by atoms with Gasteiger partial charge in [-0.15, -0.1) is 0 Å². The minimum absolute atomic E-state index is 0.690. The molecule has 0 aromatic heterocycles. The molecule has 1 rings (SSSR count). The van der Waals surface area contributed by atoms with E-state index in [-0.39, 0.29) is 0 Å². The summed E-state index contributed by atoms with van der Waals surface area (Å²) in [5, 5.41) is 0. The number of hydrogen-bond donors (Lipinski definition) is 0. The molecule has 0 aliphatic heterocycles. The van der Waals surface area contributed by atoms with E-state index in [0.29, 0.717) is 6.61 Å². The fraction of sp³-hybridized carbons (Fsp3) is 0.538. The number of benzene rings is 1. The molecule has 0 amide bonds. The minimum atomic E-state index is -1.40. The van der Waals surface area contributed by atoms with Gasteiger partial charge in [-0.1, -0.05) is 69.6 Å². The molecule has 0 N–H and O–H groups in total. The Balaban J connectivity index is 2.70. The second-order valence-corrected chi connectivity index (χ2v) is 16.3. The van der Waals surface area contributed by atoms with Gasteiger partial charge in [0, 0.05) is 0 Å². The highest BCUT2D eigenvalue weighted by Gasteiger charge is 2.35. The van der Waals surface area contributed by atoms with Gasteiger partial charge in [0.15, 0.2) is 0 Å². The fourth-order valence-corrected chi connectivity index (χ4v) is 11.1. The van der Waals surface area contributed by atoms with Crippen molar-refractivity contribution in [3.8, 4) is 0 Å². The third kappa shape index (κ3) is 4.75. The predicted molar refractivity (Wildman–Crippen MR) is 79.8 cm³/mol. The Morgan fingerprint density at radius 3 is 1.76 bits per heavy atom. The van der Waals surface area contributed by atoms with Gasteiger partial charge in [0.25, 0.3) is 0 Å². The molecule has 0 atom stereocenters. The number of hydrogen-bond acceptors (Lipinski definition) is 2. The van der Waals surface area contributed by atoms with Crippen LogP contribution in [0, 0.1) is 0 Å². The first-order valence-electron chi connectivity index (χ1n) is 6.18. The van der Waals surface area contributed by atoms with Gasteiger partial charge in [-0.05, 0) is 5.56 Å². The SMILES string of the molecule is C[Si](C)(C)N(OCc1ccccc1)[Si](C)(C)C. The summed E-state index contributed by atoms with van der Waals surface area (Å²) >= 11 is 0. The molecule has 0 heterocycles. The molecule has 1 aromatic rings. The summed E-state index contributed by atoms with van der Waals surface area (Å²) in [6, 6.07) is 10.4. The Bertz CT molecular complexity index is 327. The molecule has 0 radical (unpaired) electrons. The van der Waals surface area contributed by atoms with Crippen LogP contribution in [0.1, 0.15) is 5.56 Å². The lowest BCUT2D eigenvalue weighted by molar-refractivity contribution is -0.0484. The van der Waals surface area contributed by atoms with Crippen LogP contribution in [-0.4, -0.2) is 20.9 Å². The summed E-state index contributed by atoms with van der Waals surface area (Å²) in [6.07, 6.45) is 0. The molecule has 0 spiro atoms. The molecule has 0 aliphatic carbocycles. The summed E-state index contributed by atoms with van der Waals surface area (Å²) in [7, 11) is -2.81. The van der Waals surface area contributed by atoms with Gasteiger partial charge in [-0.2, -0.15) is 0 Å². The van der Waals surface area contributed by atoms with Crippen molar-refractivity contribution >= 4 is 16.5 Å². The van der Waals surface area contributed by atoms with Gasteiger partial charge in [-0.25, -0.2) is 4.39 Å². The van der Waals surface area contributed by atoms with Crippen LogP contribution >= 0.6 is 0 Å². The molecule has 0 saturated heterocycles. The van der Waals surface area contributed by atoms with Crippen molar-refractivity contribution in [2.45, 2.75) is 45.9 Å². The second kappa shape index (κ2) is 5.48. The third-order valence-corrected chi connectivity index (χ3v) is 9.14. The van der Waals surface area contributed by atoms with Gasteiger partial charge in [0.2, 0.25) is 0 Å². The maximum absolute atomic E-state index is 6.11. The summed E-state index contributed by atoms with van der Waals surface area (Å²) in [5.41, 5.74) is 1.24. The van der Waals surface area contributed by atoms with E-state index < -0.39 is 16.5 Å². The van der Waals surface area contributed by atoms with Crippen LogP contribution in [0.4, 0.5) is 0 Å². The lowest BCUT2D eigenvalue weighted by Crippen LogP contribution is -2.58. The van der Waals surface area contributed by atoms with E-state index in [0.717, 1.165) is 0 Å². The van der Waals surface area contributed by atoms with Crippen molar-refractivity contribution in [3.05, 3.63) is 35.9 Å². The molecule has 17 heavy (non-hydrogen) atoms. The third-order valence-electron chi connectivity index (χ3n) is 2.42. The van der Waals surface area contributed by atoms with E-state index in [2.05, 4.69) is 67.9 Å². The highest BCUT2D eigenvalue weighted by molar-refractivity contribution is 6.88. The van der Waals surface area contributed by atoms with E-state index in [4.69, 9.17) is 4.84 Å². The van der Waals surface area contributed by atoms with Crippen LogP contribution in [-0.2, 0) is 11.4 Å². The topological polar surface area (TPSA) is 12.5 Å². The first kappa shape index (κ1) is 14.6. The molecule has 2 nitrogen and oxygen atoms in total. The van der Waals surface area contributed by atoms with Crippen LogP contribution in [0.15, 0.2) is 30.3 Å². The summed E-state index contributed by atoms with van der Waals surface area (Å²) in [4.78, 5) is 6.11. The van der Waals surface area contributed by atoms with Crippen molar-refractivity contribution in [2.24, 2.45) is 0 Å². The molecule has 0 saturated carbocycles. The molecular weight excluding hydrogens is 242 g/mol. The van der Waals surface area contributed by atoms with Crippen molar-refractivity contribution in [1.82, 2.24) is 4.39 Å². The Labute approximate surface area is 108 Å². The van der Waals surface area contributed by atoms with E-state index in [1.807, 2.05) is 6.07 Å². The Morgan fingerprint density at radius 1 is 0.882 bits per heavy atom. The normalized spacial score (nSPS) is 13.1. The molecule has 0 bridgehead atoms. The smallest absolute Gasteiger partial charge is 0.141 e. The molecule has 96 valence electrons. The second-order valence-electron chi connectivity index (χ2n) is 6.40. The average Bonchev–Trinajstić information content (AvgIpc) is 2.15. The van der Waals surface area contributed by atoms with Crippen molar-refractivity contribution < 1.29 is 4.84 Å². The molecule has 0 unspecified atom stereocenters. The van der Waals surface area contributed by atoms with Crippen LogP contribution in [0.25, 0.3) is 0 Å². The summed E-state index contributed by atoms with van der Waals surface area (Å²) < 4.78 is 2.35. The number of nitrogens with zero attached hydrogens (tertiary/aromatic N) is 1. The quantitative estimate of drug-likeness (QED) is 0.588. The standard InChI is InChI=1S/C13H25NOSi2/c1-16(2,3)14(17(4,5)6)15-12-13-10-8-7-9-11-13/h7-11H,12H2,1-6H3. The largest absolute Gasteiger partial charge is 0.308 e. The summed E-state index contributed by atoms with van der Waals surface area (Å²) in [6.45, 7) is 14.8. The summed E-state index contributed by atoms with van der Waals surface area (Å²) in [5.74, 6) is 0. The zero-order valence-electron chi connectivity index (χ0n) is 11.9. The van der Waals surface area contributed by atoms with E-state index in [1.165, 1.54) is 5.56 Å². The van der Waals surface area contributed by atoms with Crippen LogP contribution in [0.3, 0.4) is 0 Å². The molecule has 4 heteroatoms. The van der Waals surface area contributed by atoms with Gasteiger partial charge < -0.3 is 4.84 Å². The highest BCUT2D eigenvalue weighted by atomic mass is 28.4. The van der Waals surface area contributed by atoms with Gasteiger partial charge >= 0.3 is 0 Å². The zero-order valence-corrected chi connectivity index (χ0v) is 13.9. The van der Waals surface area contributed by atoms with Crippen molar-refractivity contribution in [3.63, 3.8) is 0 Å². The van der Waals surface area contributed by atoms with Gasteiger partial charge in [0.1, 0.15) is 16.5 Å². The molecular formula is C13H25NOSi2. The Hall–Kier alpha value is -0.426. The average molecular weight is 268 g/mol. The number of rotatable bonds is 5. The maximum atomic E-state index is 6.11. The van der Waals surface area contributed by atoms with Crippen molar-refractivity contribution in [1.29, 1.82) is 0 Å². The highest BCUT2D eigenvalue weighted by Crippen LogP contribution is 2.21. The van der Waals surface area contributed by atoms with E-state index in [1.54, 1.807) is 0 Å². The van der Waals surface area contributed by atoms with Gasteiger partial charge in [0.05, 0.1) is 6.61 Å². The molecule has 1 aromatic carbocycles.